The molecule has 1 fully saturated rings. The van der Waals surface area contributed by atoms with E-state index in [-0.39, 0.29) is 5.92 Å². The number of allylic oxidation sites excluding steroid dienone is 2. The van der Waals surface area contributed by atoms with Crippen LogP contribution in [0.15, 0.2) is 11.1 Å². The average molecular weight is 235 g/mol. The lowest BCUT2D eigenvalue weighted by Crippen LogP contribution is -2.43. The van der Waals surface area contributed by atoms with Gasteiger partial charge in [0.15, 0.2) is 0 Å². The van der Waals surface area contributed by atoms with Crippen LogP contribution in [-0.2, 0) is 9.53 Å². The summed E-state index contributed by atoms with van der Waals surface area (Å²) in [6.07, 6.45) is 7.26. The van der Waals surface area contributed by atoms with Crippen molar-refractivity contribution in [1.29, 1.82) is 0 Å². The molecule has 0 aromatic heterocycles. The maximum atomic E-state index is 12.4. The number of morpholine rings is 1. The lowest BCUT2D eigenvalue weighted by Gasteiger charge is -2.29. The van der Waals surface area contributed by atoms with Gasteiger partial charge in [-0.15, -0.1) is 0 Å². The molecule has 17 heavy (non-hydrogen) atoms. The number of carbonyl (C=O) groups excluding carboxylic acids is 1. The maximum absolute atomic E-state index is 12.4. The zero-order chi connectivity index (χ0) is 11.7. The van der Waals surface area contributed by atoms with Crippen LogP contribution in [0.1, 0.15) is 38.5 Å². The fourth-order valence-corrected chi connectivity index (χ4v) is 3.41. The van der Waals surface area contributed by atoms with Crippen molar-refractivity contribution in [2.24, 2.45) is 5.92 Å². The van der Waals surface area contributed by atoms with E-state index in [0.717, 1.165) is 25.9 Å². The highest BCUT2D eigenvalue weighted by molar-refractivity contribution is 5.80. The second-order valence-electron chi connectivity index (χ2n) is 5.46. The molecular weight excluding hydrogens is 214 g/mol. The Hall–Kier alpha value is -0.830. The number of hydrogen-bond acceptors (Lipinski definition) is 2. The van der Waals surface area contributed by atoms with E-state index in [9.17, 15) is 4.79 Å². The number of ether oxygens (including phenoxy) is 1. The lowest BCUT2D eigenvalue weighted by atomic mass is 9.94. The van der Waals surface area contributed by atoms with Crippen LogP contribution < -0.4 is 0 Å². The Bertz CT molecular complexity index is 324. The average Bonchev–Trinajstić information content (AvgIpc) is 2.82. The van der Waals surface area contributed by atoms with Crippen molar-refractivity contribution in [3.8, 4) is 0 Å². The first-order valence-electron chi connectivity index (χ1n) is 6.91. The predicted octanol–water partition coefficient (Wildman–Crippen LogP) is 2.13. The van der Waals surface area contributed by atoms with Crippen molar-refractivity contribution in [3.63, 3.8) is 0 Å². The second kappa shape index (κ2) is 4.81. The normalized spacial score (nSPS) is 26.2. The van der Waals surface area contributed by atoms with Crippen LogP contribution in [0, 0.1) is 5.92 Å². The molecule has 1 saturated heterocycles. The Labute approximate surface area is 103 Å². The third-order valence-corrected chi connectivity index (χ3v) is 4.36. The Morgan fingerprint density at radius 1 is 1.06 bits per heavy atom. The molecule has 1 aliphatic heterocycles. The van der Waals surface area contributed by atoms with Gasteiger partial charge in [0, 0.05) is 19.0 Å². The van der Waals surface area contributed by atoms with E-state index in [1.165, 1.54) is 25.7 Å². The van der Waals surface area contributed by atoms with Gasteiger partial charge >= 0.3 is 0 Å². The molecule has 1 heterocycles. The molecule has 94 valence electrons. The molecule has 0 bridgehead atoms. The van der Waals surface area contributed by atoms with E-state index in [4.69, 9.17) is 4.74 Å². The van der Waals surface area contributed by atoms with E-state index in [0.29, 0.717) is 19.1 Å². The molecule has 1 amide bonds. The molecule has 3 heteroatoms. The van der Waals surface area contributed by atoms with Gasteiger partial charge in [0.05, 0.1) is 13.2 Å². The quantitative estimate of drug-likeness (QED) is 0.652. The minimum absolute atomic E-state index is 0.260. The Balaban J connectivity index is 1.61. The zero-order valence-corrected chi connectivity index (χ0v) is 10.4. The van der Waals surface area contributed by atoms with Crippen molar-refractivity contribution in [1.82, 2.24) is 4.90 Å². The van der Waals surface area contributed by atoms with E-state index in [2.05, 4.69) is 0 Å². The zero-order valence-electron chi connectivity index (χ0n) is 10.4. The summed E-state index contributed by atoms with van der Waals surface area (Å²) in [4.78, 5) is 14.4. The van der Waals surface area contributed by atoms with Gasteiger partial charge in [-0.1, -0.05) is 11.1 Å². The fourth-order valence-electron chi connectivity index (χ4n) is 3.41. The van der Waals surface area contributed by atoms with Crippen LogP contribution in [0.4, 0.5) is 0 Å². The van der Waals surface area contributed by atoms with Gasteiger partial charge in [0.2, 0.25) is 5.91 Å². The van der Waals surface area contributed by atoms with Crippen LogP contribution in [0.2, 0.25) is 0 Å². The van der Waals surface area contributed by atoms with Gasteiger partial charge in [-0.3, -0.25) is 4.79 Å². The molecule has 0 spiro atoms. The fraction of sp³-hybridized carbons (Fsp3) is 0.786. The molecule has 3 aliphatic rings. The number of carbonyl (C=O) groups is 1. The van der Waals surface area contributed by atoms with E-state index >= 15 is 0 Å². The number of hydrogen-bond donors (Lipinski definition) is 0. The van der Waals surface area contributed by atoms with Crippen molar-refractivity contribution in [2.45, 2.75) is 38.5 Å². The molecule has 0 atom stereocenters. The van der Waals surface area contributed by atoms with Gasteiger partial charge in [-0.05, 0) is 38.5 Å². The van der Waals surface area contributed by atoms with Crippen molar-refractivity contribution in [2.75, 3.05) is 26.3 Å². The summed E-state index contributed by atoms with van der Waals surface area (Å²) < 4.78 is 5.30. The molecule has 0 aromatic rings. The third-order valence-electron chi connectivity index (χ3n) is 4.36. The smallest absolute Gasteiger partial charge is 0.226 e. The highest BCUT2D eigenvalue weighted by atomic mass is 16.5. The summed E-state index contributed by atoms with van der Waals surface area (Å²) in [5.74, 6) is 0.638. The predicted molar refractivity (Wildman–Crippen MR) is 65.6 cm³/mol. The van der Waals surface area contributed by atoms with E-state index < -0.39 is 0 Å². The van der Waals surface area contributed by atoms with E-state index in [1.807, 2.05) is 4.90 Å². The van der Waals surface area contributed by atoms with Crippen LogP contribution in [0.3, 0.4) is 0 Å². The topological polar surface area (TPSA) is 29.5 Å². The van der Waals surface area contributed by atoms with E-state index in [1.54, 1.807) is 11.1 Å². The molecule has 0 radical (unpaired) electrons. The Morgan fingerprint density at radius 3 is 2.24 bits per heavy atom. The Morgan fingerprint density at radius 2 is 1.65 bits per heavy atom. The summed E-state index contributed by atoms with van der Waals surface area (Å²) >= 11 is 0. The van der Waals surface area contributed by atoms with Crippen LogP contribution >= 0.6 is 0 Å². The molecule has 0 saturated carbocycles. The summed E-state index contributed by atoms with van der Waals surface area (Å²) in [5, 5.41) is 0. The summed E-state index contributed by atoms with van der Waals surface area (Å²) in [5.41, 5.74) is 3.23. The highest BCUT2D eigenvalue weighted by Crippen LogP contribution is 2.40. The molecular formula is C14H21NO2. The first kappa shape index (κ1) is 11.3. The monoisotopic (exact) mass is 235 g/mol. The Kier molecular flexibility index (Phi) is 3.19. The molecule has 2 aliphatic carbocycles. The molecule has 0 aromatic carbocycles. The molecule has 3 nitrogen and oxygen atoms in total. The molecule has 3 rings (SSSR count). The van der Waals surface area contributed by atoms with Gasteiger partial charge < -0.3 is 9.64 Å². The molecule has 0 unspecified atom stereocenters. The van der Waals surface area contributed by atoms with Crippen LogP contribution in [-0.4, -0.2) is 37.1 Å². The number of nitrogens with zero attached hydrogens (tertiary/aromatic N) is 1. The summed E-state index contributed by atoms with van der Waals surface area (Å²) in [7, 11) is 0. The molecule has 0 N–H and O–H groups in total. The first-order valence-corrected chi connectivity index (χ1v) is 6.91. The van der Waals surface area contributed by atoms with Gasteiger partial charge in [0.25, 0.3) is 0 Å². The van der Waals surface area contributed by atoms with Gasteiger partial charge in [-0.25, -0.2) is 0 Å². The largest absolute Gasteiger partial charge is 0.378 e. The number of amides is 1. The van der Waals surface area contributed by atoms with Crippen LogP contribution in [0.25, 0.3) is 0 Å². The number of rotatable bonds is 1. The van der Waals surface area contributed by atoms with Crippen molar-refractivity contribution >= 4 is 5.91 Å². The maximum Gasteiger partial charge on any atom is 0.226 e. The van der Waals surface area contributed by atoms with Crippen LogP contribution in [0.5, 0.6) is 0 Å². The minimum Gasteiger partial charge on any atom is -0.378 e. The first-order chi connectivity index (χ1) is 8.34. The third kappa shape index (κ3) is 2.25. The highest BCUT2D eigenvalue weighted by Gasteiger charge is 2.33. The van der Waals surface area contributed by atoms with Gasteiger partial charge in [-0.2, -0.15) is 0 Å². The standard InChI is InChI=1S/C14H21NO2/c16-14(15-5-7-17-8-6-15)13-9-11-3-1-2-4-12(11)10-13/h13H,1-10H2. The SMILES string of the molecule is O=C(C1CC2=C(CCCC2)C1)N1CCOCC1. The van der Waals surface area contributed by atoms with Gasteiger partial charge in [0.1, 0.15) is 0 Å². The minimum atomic E-state index is 0.260. The van der Waals surface area contributed by atoms with Crippen molar-refractivity contribution < 1.29 is 9.53 Å². The summed E-state index contributed by atoms with van der Waals surface area (Å²) in [6.45, 7) is 3.01. The second-order valence-corrected chi connectivity index (χ2v) is 5.46. The lowest BCUT2D eigenvalue weighted by molar-refractivity contribution is -0.139. The summed E-state index contributed by atoms with van der Waals surface area (Å²) in [6, 6.07) is 0. The van der Waals surface area contributed by atoms with Crippen molar-refractivity contribution in [3.05, 3.63) is 11.1 Å².